The first kappa shape index (κ1) is 20.2. The maximum atomic E-state index is 12.9. The van der Waals surface area contributed by atoms with Crippen LogP contribution in [0.1, 0.15) is 12.8 Å². The van der Waals surface area contributed by atoms with E-state index in [1.54, 1.807) is 24.1 Å². The van der Waals surface area contributed by atoms with Gasteiger partial charge in [-0.1, -0.05) is 0 Å². The van der Waals surface area contributed by atoms with Gasteiger partial charge in [-0.15, -0.1) is 0 Å². The fourth-order valence-corrected chi connectivity index (χ4v) is 6.82. The van der Waals surface area contributed by atoms with Crippen molar-refractivity contribution in [3.05, 3.63) is 24.3 Å². The van der Waals surface area contributed by atoms with E-state index in [9.17, 15) is 17.4 Å². The topological polar surface area (TPSA) is 93.2 Å². The Morgan fingerprint density at radius 2 is 1.78 bits per heavy atom. The van der Waals surface area contributed by atoms with E-state index >= 15 is 0 Å². The van der Waals surface area contributed by atoms with Crippen LogP contribution >= 0.6 is 0 Å². The average molecular weight is 417 g/mol. The molecular weight excluding hydrogens is 392 g/mol. The Hall–Kier alpha value is -1.49. The van der Waals surface area contributed by atoms with Crippen LogP contribution in [0.15, 0.2) is 29.2 Å². The van der Waals surface area contributed by atoms with Gasteiger partial charge in [-0.3, -0.25) is 9.00 Å². The number of piperidine rings is 1. The van der Waals surface area contributed by atoms with Crippen LogP contribution in [0.5, 0.6) is 5.75 Å². The summed E-state index contributed by atoms with van der Waals surface area (Å²) in [5.74, 6) is 0.423. The summed E-state index contributed by atoms with van der Waals surface area (Å²) in [5.41, 5.74) is 0. The van der Waals surface area contributed by atoms with Crippen molar-refractivity contribution in [1.82, 2.24) is 9.21 Å². The zero-order chi connectivity index (χ0) is 19.7. The summed E-state index contributed by atoms with van der Waals surface area (Å²) in [7, 11) is -1.92. The maximum Gasteiger partial charge on any atom is 0.243 e. The molecule has 2 aliphatic heterocycles. The molecule has 2 fully saturated rings. The highest BCUT2D eigenvalue weighted by atomic mass is 32.2. The number of benzene rings is 1. The standard InChI is InChI=1S/C17H24N2O6S2/c1-24-12-11-19-16(20)13-26(21)17(19)7-9-18(10-8-17)27(22,23)15-5-3-14(25-2)4-6-15/h3-6H,7-13H2,1-2H3. The number of sulfonamides is 1. The SMILES string of the molecule is COCCN1C(=O)CS(=O)C12CCN(S(=O)(=O)c1ccc(OC)cc1)CC2. The smallest absolute Gasteiger partial charge is 0.243 e. The first-order valence-corrected chi connectivity index (χ1v) is 11.4. The normalized spacial score (nSPS) is 23.1. The lowest BCUT2D eigenvalue weighted by Crippen LogP contribution is -2.56. The molecule has 0 radical (unpaired) electrons. The average Bonchev–Trinajstić information content (AvgIpc) is 2.90. The minimum Gasteiger partial charge on any atom is -0.497 e. The molecule has 0 saturated carbocycles. The third-order valence-corrected chi connectivity index (χ3v) is 9.09. The summed E-state index contributed by atoms with van der Waals surface area (Å²) in [4.78, 5) is 13.3. The van der Waals surface area contributed by atoms with Gasteiger partial charge in [0, 0.05) is 26.7 Å². The lowest BCUT2D eigenvalue weighted by molar-refractivity contribution is -0.131. The first-order valence-electron chi connectivity index (χ1n) is 8.67. The Labute approximate surface area is 161 Å². The van der Waals surface area contributed by atoms with E-state index in [0.29, 0.717) is 31.7 Å². The molecule has 1 atom stereocenters. The van der Waals surface area contributed by atoms with Crippen LogP contribution in [0.3, 0.4) is 0 Å². The highest BCUT2D eigenvalue weighted by molar-refractivity contribution is 7.89. The molecule has 3 rings (SSSR count). The molecule has 1 aromatic rings. The zero-order valence-corrected chi connectivity index (χ0v) is 17.1. The third kappa shape index (κ3) is 3.63. The number of rotatable bonds is 6. The highest BCUT2D eigenvalue weighted by Gasteiger charge is 2.53. The van der Waals surface area contributed by atoms with Gasteiger partial charge < -0.3 is 14.4 Å². The third-order valence-electron chi connectivity index (χ3n) is 5.19. The molecule has 1 unspecified atom stereocenters. The van der Waals surface area contributed by atoms with Gasteiger partial charge >= 0.3 is 0 Å². The second kappa shape index (κ2) is 7.86. The molecule has 1 aromatic carbocycles. The van der Waals surface area contributed by atoms with Crippen LogP contribution in [0, 0.1) is 0 Å². The number of methoxy groups -OCH3 is 2. The Bertz CT molecular complexity index is 816. The minimum atomic E-state index is -3.65. The van der Waals surface area contributed by atoms with Crippen LogP contribution in [0.25, 0.3) is 0 Å². The van der Waals surface area contributed by atoms with Gasteiger partial charge in [0.05, 0.1) is 29.4 Å². The molecule has 1 spiro atoms. The molecule has 1 amide bonds. The molecule has 0 aliphatic carbocycles. The van der Waals surface area contributed by atoms with Crippen molar-refractivity contribution < 1.29 is 26.9 Å². The van der Waals surface area contributed by atoms with E-state index in [4.69, 9.17) is 9.47 Å². The van der Waals surface area contributed by atoms with Gasteiger partial charge in [-0.25, -0.2) is 8.42 Å². The summed E-state index contributed by atoms with van der Waals surface area (Å²) in [6, 6.07) is 6.24. The van der Waals surface area contributed by atoms with E-state index in [1.165, 1.54) is 23.5 Å². The van der Waals surface area contributed by atoms with Crippen LogP contribution in [-0.4, -0.2) is 78.8 Å². The highest BCUT2D eigenvalue weighted by Crippen LogP contribution is 2.38. The second-order valence-corrected chi connectivity index (χ2v) is 10.2. The van der Waals surface area contributed by atoms with E-state index < -0.39 is 25.7 Å². The summed E-state index contributed by atoms with van der Waals surface area (Å²) < 4.78 is 50.0. The largest absolute Gasteiger partial charge is 0.497 e. The van der Waals surface area contributed by atoms with Gasteiger partial charge in [0.25, 0.3) is 0 Å². The van der Waals surface area contributed by atoms with Gasteiger partial charge in [0.1, 0.15) is 16.4 Å². The van der Waals surface area contributed by atoms with Gasteiger partial charge in [0.15, 0.2) is 0 Å². The predicted octanol–water partition coefficient (Wildman–Crippen LogP) is 0.413. The number of hydrogen-bond acceptors (Lipinski definition) is 6. The fourth-order valence-electron chi connectivity index (χ4n) is 3.66. The fraction of sp³-hybridized carbons (Fsp3) is 0.588. The van der Waals surface area contributed by atoms with Crippen molar-refractivity contribution in [3.8, 4) is 5.75 Å². The monoisotopic (exact) mass is 416 g/mol. The number of ether oxygens (including phenoxy) is 2. The van der Waals surface area contributed by atoms with Gasteiger partial charge in [-0.05, 0) is 37.1 Å². The van der Waals surface area contributed by atoms with E-state index in [2.05, 4.69) is 0 Å². The zero-order valence-electron chi connectivity index (χ0n) is 15.4. The van der Waals surface area contributed by atoms with Gasteiger partial charge in [-0.2, -0.15) is 4.31 Å². The molecule has 8 nitrogen and oxygen atoms in total. The summed E-state index contributed by atoms with van der Waals surface area (Å²) in [5, 5.41) is 0. The lowest BCUT2D eigenvalue weighted by atomic mass is 10.0. The predicted molar refractivity (Wildman–Crippen MR) is 100 cm³/mol. The van der Waals surface area contributed by atoms with Crippen molar-refractivity contribution in [2.24, 2.45) is 0 Å². The molecule has 0 N–H and O–H groups in total. The van der Waals surface area contributed by atoms with Crippen molar-refractivity contribution in [2.45, 2.75) is 22.6 Å². The van der Waals surface area contributed by atoms with Crippen molar-refractivity contribution in [1.29, 1.82) is 0 Å². The van der Waals surface area contributed by atoms with Crippen LogP contribution in [0.4, 0.5) is 0 Å². The minimum absolute atomic E-state index is 0.00502. The second-order valence-electron chi connectivity index (χ2n) is 6.55. The summed E-state index contributed by atoms with van der Waals surface area (Å²) in [6.07, 6.45) is 0.703. The summed E-state index contributed by atoms with van der Waals surface area (Å²) in [6.45, 7) is 1.17. The Morgan fingerprint density at radius 1 is 1.15 bits per heavy atom. The molecule has 10 heteroatoms. The summed E-state index contributed by atoms with van der Waals surface area (Å²) >= 11 is 0. The Morgan fingerprint density at radius 3 is 2.33 bits per heavy atom. The van der Waals surface area contributed by atoms with Crippen molar-refractivity contribution in [2.75, 3.05) is 46.2 Å². The molecule has 2 saturated heterocycles. The molecule has 0 bridgehead atoms. The van der Waals surface area contributed by atoms with Crippen LogP contribution in [0.2, 0.25) is 0 Å². The molecule has 2 aliphatic rings. The lowest BCUT2D eigenvalue weighted by Gasteiger charge is -2.42. The maximum absolute atomic E-state index is 12.9. The Balaban J connectivity index is 1.77. The number of amides is 1. The molecular formula is C17H24N2O6S2. The Kier molecular flexibility index (Phi) is 5.90. The molecule has 27 heavy (non-hydrogen) atoms. The van der Waals surface area contributed by atoms with Crippen LogP contribution in [-0.2, 0) is 30.4 Å². The van der Waals surface area contributed by atoms with E-state index in [0.717, 1.165) is 0 Å². The van der Waals surface area contributed by atoms with Crippen molar-refractivity contribution >= 4 is 26.7 Å². The first-order chi connectivity index (χ1) is 12.8. The molecule has 150 valence electrons. The van der Waals surface area contributed by atoms with Gasteiger partial charge in [0.2, 0.25) is 15.9 Å². The van der Waals surface area contributed by atoms with Crippen LogP contribution < -0.4 is 4.74 Å². The molecule has 2 heterocycles. The number of carbonyl (C=O) groups excluding carboxylic acids is 1. The van der Waals surface area contributed by atoms with E-state index in [1.807, 2.05) is 0 Å². The number of nitrogens with zero attached hydrogens (tertiary/aromatic N) is 2. The number of carbonyl (C=O) groups is 1. The number of hydrogen-bond donors (Lipinski definition) is 0. The quantitative estimate of drug-likeness (QED) is 0.667. The van der Waals surface area contributed by atoms with E-state index in [-0.39, 0.29) is 29.6 Å². The molecule has 0 aromatic heterocycles. The van der Waals surface area contributed by atoms with Crippen molar-refractivity contribution in [3.63, 3.8) is 0 Å².